The molecule has 2 aromatic carbocycles. The molecule has 3 fully saturated rings. The Hall–Kier alpha value is -14.2. The molecule has 5 rings (SSSR count). The first-order valence-electron chi connectivity index (χ1n) is 23.4. The smallest absolute Gasteiger partial charge is 0.369 e. The van der Waals surface area contributed by atoms with Gasteiger partial charge in [-0.15, -0.1) is 6.42 Å². The van der Waals surface area contributed by atoms with Gasteiger partial charge in [0.1, 0.15) is 5.54 Å². The molecule has 3 aliphatic rings. The van der Waals surface area contributed by atoms with Crippen LogP contribution in [-0.4, -0.2) is 42.7 Å². The van der Waals surface area contributed by atoms with Gasteiger partial charge in [0.25, 0.3) is 5.91 Å². The fourth-order valence-electron chi connectivity index (χ4n) is 6.37. The van der Waals surface area contributed by atoms with E-state index in [1.807, 2.05) is 24.3 Å². The number of piperazine rings is 1. The highest BCUT2D eigenvalue weighted by Gasteiger charge is 2.59. The molecule has 0 radical (unpaired) electrons. The minimum Gasteiger partial charge on any atom is -0.369 e. The summed E-state index contributed by atoms with van der Waals surface area (Å²) >= 11 is 5.68. The Balaban J connectivity index is 0.000000383. The van der Waals surface area contributed by atoms with E-state index in [0.717, 1.165) is 56.1 Å². The molecule has 1 N–H and O–H groups in total. The number of nitrogens with one attached hydrogen (secondary N) is 1. The van der Waals surface area contributed by atoms with Crippen LogP contribution in [0.15, 0.2) is 42.5 Å². The van der Waals surface area contributed by atoms with E-state index in [4.69, 9.17) is 30.5 Å². The average molecular weight is 1090 g/mol. The second kappa shape index (κ2) is 37.5. The third kappa shape index (κ3) is 22.5. The number of anilines is 3. The van der Waals surface area contributed by atoms with E-state index in [1.165, 1.54) is 11.0 Å². The van der Waals surface area contributed by atoms with Gasteiger partial charge in [-0.05, 0) is 115 Å². The van der Waals surface area contributed by atoms with Crippen molar-refractivity contribution in [1.82, 2.24) is 5.32 Å². The van der Waals surface area contributed by atoms with Crippen molar-refractivity contribution in [2.75, 3.05) is 40.9 Å². The predicted octanol–water partition coefficient (Wildman–Crippen LogP) is 4.95. The number of benzene rings is 2. The number of carbonyl (C=O) groups excluding carboxylic acids is 1. The third-order valence-electron chi connectivity index (χ3n) is 9.79. The number of halogens is 3. The molecule has 84 heavy (non-hydrogen) atoms. The number of carbonyl (C=O) groups is 1. The maximum Gasteiger partial charge on any atom is 0.407 e. The summed E-state index contributed by atoms with van der Waals surface area (Å²) in [5.74, 6) is 115. The quantitative estimate of drug-likeness (QED) is 0.267. The van der Waals surface area contributed by atoms with Crippen LogP contribution in [0, 0.1) is 303 Å². The molecule has 1 spiro atoms. The Morgan fingerprint density at radius 2 is 0.810 bits per heavy atom. The fourth-order valence-corrected chi connectivity index (χ4v) is 6.84. The summed E-state index contributed by atoms with van der Waals surface area (Å²) < 4.78 is 40.7. The summed E-state index contributed by atoms with van der Waals surface area (Å²) in [6, 6.07) is 12.8. The summed E-state index contributed by atoms with van der Waals surface area (Å²) in [6.07, 6.45) is 2.21. The Morgan fingerprint density at radius 1 is 0.500 bits per heavy atom. The number of nitriles is 1. The largest absolute Gasteiger partial charge is 0.407 e. The Bertz CT molecular complexity index is 4590. The number of hydrogen-bond acceptors (Lipinski definition) is 5. The van der Waals surface area contributed by atoms with Gasteiger partial charge in [0, 0.05) is 274 Å². The first-order chi connectivity index (χ1) is 41.2. The van der Waals surface area contributed by atoms with Gasteiger partial charge < -0.3 is 15.1 Å². The maximum atomic E-state index is 13.6. The number of thiocarbonyl (C=S) groups is 1. The molecule has 0 atom stereocenters. The minimum absolute atomic E-state index is 0.0286. The van der Waals surface area contributed by atoms with E-state index in [0.29, 0.717) is 12.8 Å². The molecule has 11 heteroatoms. The van der Waals surface area contributed by atoms with Crippen LogP contribution in [0.1, 0.15) is 24.8 Å². The fraction of sp³-hybridized carbons (Fsp3) is 0.123. The molecular formula is C73H23F3N6OS. The lowest BCUT2D eigenvalue weighted by atomic mass is 9.75. The zero-order valence-corrected chi connectivity index (χ0v) is 44.1. The van der Waals surface area contributed by atoms with E-state index < -0.39 is 23.0 Å². The lowest BCUT2D eigenvalue weighted by Gasteiger charge is -2.43. The van der Waals surface area contributed by atoms with Crippen LogP contribution >= 0.6 is 12.2 Å². The predicted molar refractivity (Wildman–Crippen MR) is 322 cm³/mol. The number of rotatable bonds is 3. The second-order valence-corrected chi connectivity index (χ2v) is 15.1. The highest BCUT2D eigenvalue weighted by molar-refractivity contribution is 7.81. The van der Waals surface area contributed by atoms with Crippen molar-refractivity contribution in [1.29, 1.82) is 5.26 Å². The zero-order valence-electron chi connectivity index (χ0n) is 43.3. The molecule has 1 amide bonds. The van der Waals surface area contributed by atoms with Gasteiger partial charge in [0.15, 0.2) is 16.9 Å². The number of hydrogen-bond donors (Lipinski definition) is 1. The van der Waals surface area contributed by atoms with Crippen molar-refractivity contribution >= 4 is 46.0 Å². The van der Waals surface area contributed by atoms with E-state index in [1.54, 1.807) is 11.0 Å². The topological polar surface area (TPSA) is 67.0 Å². The number of terminal acetylenes is 1. The molecule has 2 saturated heterocycles. The van der Waals surface area contributed by atoms with Crippen molar-refractivity contribution in [3.8, 4) is 291 Å². The molecular weight excluding hydrogens is 1070 g/mol. The van der Waals surface area contributed by atoms with Crippen molar-refractivity contribution in [2.24, 2.45) is 0 Å². The van der Waals surface area contributed by atoms with Crippen LogP contribution in [0.2, 0.25) is 0 Å². The van der Waals surface area contributed by atoms with Crippen LogP contribution in [-0.2, 0) is 11.0 Å². The number of alkyl halides is 3. The Kier molecular flexibility index (Phi) is 27.8. The van der Waals surface area contributed by atoms with Gasteiger partial charge in [-0.3, -0.25) is 9.69 Å². The van der Waals surface area contributed by atoms with Crippen LogP contribution in [0.5, 0.6) is 0 Å². The van der Waals surface area contributed by atoms with Crippen LogP contribution in [0.3, 0.4) is 0 Å². The minimum atomic E-state index is -4.71. The summed E-state index contributed by atoms with van der Waals surface area (Å²) in [7, 11) is 0. The highest BCUT2D eigenvalue weighted by atomic mass is 32.1. The van der Waals surface area contributed by atoms with E-state index in [2.05, 4.69) is 293 Å². The van der Waals surface area contributed by atoms with E-state index in [-0.39, 0.29) is 16.7 Å². The van der Waals surface area contributed by atoms with E-state index in [9.17, 15) is 18.0 Å². The summed E-state index contributed by atoms with van der Waals surface area (Å²) in [4.78, 5) is 21.8. The van der Waals surface area contributed by atoms with Gasteiger partial charge in [0.2, 0.25) is 0 Å². The van der Waals surface area contributed by atoms with Gasteiger partial charge in [-0.2, -0.15) is 18.4 Å². The summed E-state index contributed by atoms with van der Waals surface area (Å²) in [5.41, 5.74) is -0.616. The van der Waals surface area contributed by atoms with Crippen molar-refractivity contribution < 1.29 is 18.0 Å². The molecule has 1 saturated carbocycles. The normalized spacial score (nSPS) is 10.4. The molecule has 0 unspecified atom stereocenters. The summed E-state index contributed by atoms with van der Waals surface area (Å²) in [5, 5.41) is 11.7. The lowest BCUT2D eigenvalue weighted by molar-refractivity contribution is -0.137. The SMILES string of the molecule is C#CC#CC#CC#CC#CC#CC#CC#CC#CC#CC#CC#CC#CC#CC#CC#CC#CC#CC#CC#CC#CC#CC#CC#CC#N.[C-]#[N+]c1ccc(N2C(=O)C3(CCC3)N(c3ccc(N4CCNCC4)cc3)C2=S)cc1C(F)(F)F. The van der Waals surface area contributed by atoms with Crippen LogP contribution < -0.4 is 20.0 Å². The maximum absolute atomic E-state index is 13.6. The van der Waals surface area contributed by atoms with Crippen molar-refractivity contribution in [2.45, 2.75) is 31.0 Å². The molecule has 2 heterocycles. The van der Waals surface area contributed by atoms with Gasteiger partial charge in [0.05, 0.1) is 12.1 Å². The first-order valence-corrected chi connectivity index (χ1v) is 23.8. The first kappa shape index (κ1) is 62.3. The number of nitrogens with zero attached hydrogens (tertiary/aromatic N) is 5. The highest BCUT2D eigenvalue weighted by Crippen LogP contribution is 2.49. The van der Waals surface area contributed by atoms with Crippen molar-refractivity contribution in [3.05, 3.63) is 59.4 Å². The van der Waals surface area contributed by atoms with Crippen LogP contribution in [0.25, 0.3) is 4.85 Å². The molecule has 7 nitrogen and oxygen atoms in total. The lowest BCUT2D eigenvalue weighted by Crippen LogP contribution is -2.55. The second-order valence-electron chi connectivity index (χ2n) is 14.7. The summed E-state index contributed by atoms with van der Waals surface area (Å²) in [6.45, 7) is 10.7. The van der Waals surface area contributed by atoms with Gasteiger partial charge in [-0.1, -0.05) is 6.07 Å². The Morgan fingerprint density at radius 3 is 1.10 bits per heavy atom. The molecule has 1 aliphatic carbocycles. The van der Waals surface area contributed by atoms with Gasteiger partial charge >= 0.3 is 6.18 Å². The molecule has 0 aromatic heterocycles. The standard InChI is InChI=1S/C49HN.C24H22F3N5OS/c1-2-3-4-5-6-7-8-9-10-11-12-13-14-15-16-17-18-19-20-21-22-23-24-25-26-27-28-29-30-31-32-33-34-35-36-37-38-39-40-41-42-43-44-45-46-47-48-49-50;1-28-20-8-7-18(15-19(20)24(25,26)27)31-21(33)23(9-2-10-23)32(22(31)34)17-5-3-16(4-6-17)30-13-11-29-12-14-30/h1H;3-8,15,29H,2,9-14H2. The van der Waals surface area contributed by atoms with E-state index >= 15 is 0 Å². The zero-order chi connectivity index (χ0) is 60.0. The third-order valence-corrected chi connectivity index (χ3v) is 10.2. The molecule has 378 valence electrons. The molecule has 2 aliphatic heterocycles. The Labute approximate surface area is 494 Å². The molecule has 2 aromatic rings. The van der Waals surface area contributed by atoms with Gasteiger partial charge in [-0.25, -0.2) is 4.85 Å². The molecule has 0 bridgehead atoms. The monoisotopic (exact) mass is 1090 g/mol. The number of amides is 1. The average Bonchev–Trinajstić information content (AvgIpc) is 1.63. The van der Waals surface area contributed by atoms with Crippen molar-refractivity contribution in [3.63, 3.8) is 0 Å². The van der Waals surface area contributed by atoms with Crippen LogP contribution in [0.4, 0.5) is 35.9 Å².